The van der Waals surface area contributed by atoms with Gasteiger partial charge < -0.3 is 9.84 Å². The molecule has 0 radical (unpaired) electrons. The molecule has 0 amide bonds. The molecule has 2 aromatic rings. The van der Waals surface area contributed by atoms with Crippen LogP contribution in [0.4, 0.5) is 0 Å². The summed E-state index contributed by atoms with van der Waals surface area (Å²) in [5.74, 6) is -0.889. The fraction of sp³-hybridized carbons (Fsp3) is 0.200. The maximum atomic E-state index is 10.9. The Bertz CT molecular complexity index is 538. The van der Waals surface area contributed by atoms with Gasteiger partial charge in [-0.2, -0.15) is 0 Å². The smallest absolute Gasteiger partial charge is 0.339 e. The van der Waals surface area contributed by atoms with Gasteiger partial charge in [0, 0.05) is 6.20 Å². The number of carbonyl (C=O) groups is 1. The second-order valence-corrected chi connectivity index (χ2v) is 3.26. The minimum Gasteiger partial charge on any atom is -0.485 e. The van der Waals surface area contributed by atoms with E-state index in [9.17, 15) is 4.79 Å². The predicted molar refractivity (Wildman–Crippen MR) is 54.6 cm³/mol. The third-order valence-electron chi connectivity index (χ3n) is 2.13. The molecule has 2 rings (SSSR count). The van der Waals surface area contributed by atoms with Crippen LogP contribution in [0.3, 0.4) is 0 Å². The second kappa shape index (κ2) is 4.60. The van der Waals surface area contributed by atoms with Crippen molar-refractivity contribution in [2.24, 2.45) is 0 Å². The van der Waals surface area contributed by atoms with E-state index in [2.05, 4.69) is 19.9 Å². The molecule has 0 aliphatic heterocycles. The first-order valence-electron chi connectivity index (χ1n) is 4.76. The van der Waals surface area contributed by atoms with E-state index in [1.807, 2.05) is 0 Å². The summed E-state index contributed by atoms with van der Waals surface area (Å²) in [6.07, 6.45) is 2.73. The molecular weight excluding hydrogens is 226 g/mol. The van der Waals surface area contributed by atoms with Gasteiger partial charge in [-0.05, 0) is 13.0 Å². The summed E-state index contributed by atoms with van der Waals surface area (Å²) in [5.41, 5.74) is 1.17. The van der Waals surface area contributed by atoms with Crippen molar-refractivity contribution >= 4 is 5.97 Å². The Labute approximate surface area is 96.0 Å². The van der Waals surface area contributed by atoms with Crippen LogP contribution in [-0.2, 0) is 6.61 Å². The summed E-state index contributed by atoms with van der Waals surface area (Å²) >= 11 is 0. The lowest BCUT2D eigenvalue weighted by Crippen LogP contribution is -2.04. The van der Waals surface area contributed by atoms with Gasteiger partial charge in [-0.3, -0.25) is 4.98 Å². The average Bonchev–Trinajstić information content (AvgIpc) is 2.72. The van der Waals surface area contributed by atoms with E-state index >= 15 is 0 Å². The van der Waals surface area contributed by atoms with Crippen molar-refractivity contribution < 1.29 is 19.3 Å². The van der Waals surface area contributed by atoms with Gasteiger partial charge in [-0.15, -0.1) is 0 Å². The van der Waals surface area contributed by atoms with Crippen molar-refractivity contribution in [2.75, 3.05) is 0 Å². The van der Waals surface area contributed by atoms with Crippen LogP contribution in [0.2, 0.25) is 0 Å². The predicted octanol–water partition coefficient (Wildman–Crippen LogP) is 1.05. The molecule has 0 fully saturated rings. The van der Waals surface area contributed by atoms with Gasteiger partial charge in [0.1, 0.15) is 23.6 Å². The standard InChI is InChI=1S/C10H9N3O4/c1-6-8(13-17-12-6)5-16-9-4-11-3-2-7(9)10(14)15/h2-4H,5H2,1H3,(H,14,15). The van der Waals surface area contributed by atoms with Crippen molar-refractivity contribution in [3.63, 3.8) is 0 Å². The zero-order valence-corrected chi connectivity index (χ0v) is 8.95. The molecule has 0 aromatic carbocycles. The fourth-order valence-electron chi connectivity index (χ4n) is 1.20. The van der Waals surface area contributed by atoms with Gasteiger partial charge in [0.2, 0.25) is 0 Å². The first kappa shape index (κ1) is 11.1. The lowest BCUT2D eigenvalue weighted by Gasteiger charge is -2.06. The summed E-state index contributed by atoms with van der Waals surface area (Å²) < 4.78 is 9.82. The lowest BCUT2D eigenvalue weighted by molar-refractivity contribution is 0.0691. The van der Waals surface area contributed by atoms with E-state index in [1.54, 1.807) is 6.92 Å². The zero-order chi connectivity index (χ0) is 12.3. The molecule has 2 aromatic heterocycles. The van der Waals surface area contributed by atoms with Crippen LogP contribution >= 0.6 is 0 Å². The molecule has 0 aliphatic carbocycles. The third kappa shape index (κ3) is 2.39. The Balaban J connectivity index is 2.14. The van der Waals surface area contributed by atoms with Gasteiger partial charge in [0.15, 0.2) is 5.75 Å². The van der Waals surface area contributed by atoms with E-state index in [0.717, 1.165) is 0 Å². The van der Waals surface area contributed by atoms with Crippen LogP contribution in [0.25, 0.3) is 0 Å². The van der Waals surface area contributed by atoms with Crippen molar-refractivity contribution in [3.05, 3.63) is 35.4 Å². The normalized spacial score (nSPS) is 10.2. The van der Waals surface area contributed by atoms with Crippen molar-refractivity contribution in [3.8, 4) is 5.75 Å². The Hall–Kier alpha value is -2.44. The summed E-state index contributed by atoms with van der Waals surface area (Å²) in [4.78, 5) is 14.7. The number of aromatic nitrogens is 3. The number of aryl methyl sites for hydroxylation is 1. The number of hydrogen-bond donors (Lipinski definition) is 1. The molecule has 0 unspecified atom stereocenters. The number of aromatic carboxylic acids is 1. The van der Waals surface area contributed by atoms with E-state index in [-0.39, 0.29) is 17.9 Å². The van der Waals surface area contributed by atoms with Gasteiger partial charge in [0.25, 0.3) is 0 Å². The molecule has 0 saturated carbocycles. The Morgan fingerprint density at radius 1 is 1.53 bits per heavy atom. The highest BCUT2D eigenvalue weighted by molar-refractivity contribution is 5.90. The van der Waals surface area contributed by atoms with E-state index < -0.39 is 5.97 Å². The van der Waals surface area contributed by atoms with E-state index in [4.69, 9.17) is 9.84 Å². The number of rotatable bonds is 4. The minimum atomic E-state index is -1.07. The first-order valence-corrected chi connectivity index (χ1v) is 4.76. The molecule has 0 saturated heterocycles. The maximum Gasteiger partial charge on any atom is 0.339 e. The molecular formula is C10H9N3O4. The fourth-order valence-corrected chi connectivity index (χ4v) is 1.20. The number of ether oxygens (including phenoxy) is 1. The van der Waals surface area contributed by atoms with Crippen LogP contribution in [0.1, 0.15) is 21.7 Å². The number of hydrogen-bond acceptors (Lipinski definition) is 6. The Kier molecular flexibility index (Phi) is 2.99. The van der Waals surface area contributed by atoms with Crippen molar-refractivity contribution in [1.82, 2.24) is 15.3 Å². The number of nitrogens with zero attached hydrogens (tertiary/aromatic N) is 3. The number of carboxylic acid groups (broad SMARTS) is 1. The maximum absolute atomic E-state index is 10.9. The van der Waals surface area contributed by atoms with E-state index in [1.165, 1.54) is 18.5 Å². The molecule has 0 bridgehead atoms. The molecule has 0 spiro atoms. The summed E-state index contributed by atoms with van der Waals surface area (Å²) in [5, 5.41) is 16.1. The van der Waals surface area contributed by atoms with Crippen molar-refractivity contribution in [2.45, 2.75) is 13.5 Å². The Morgan fingerprint density at radius 3 is 3.00 bits per heavy atom. The largest absolute Gasteiger partial charge is 0.485 e. The average molecular weight is 235 g/mol. The SMILES string of the molecule is Cc1nonc1COc1cnccc1C(=O)O. The molecule has 7 heteroatoms. The molecule has 0 aliphatic rings. The summed E-state index contributed by atoms with van der Waals surface area (Å²) in [6.45, 7) is 1.80. The third-order valence-corrected chi connectivity index (χ3v) is 2.13. The molecule has 7 nitrogen and oxygen atoms in total. The molecule has 0 atom stereocenters. The highest BCUT2D eigenvalue weighted by Gasteiger charge is 2.12. The quantitative estimate of drug-likeness (QED) is 0.845. The molecule has 17 heavy (non-hydrogen) atoms. The minimum absolute atomic E-state index is 0.0501. The molecule has 1 N–H and O–H groups in total. The van der Waals surface area contributed by atoms with Gasteiger partial charge in [0.05, 0.1) is 6.20 Å². The first-order chi connectivity index (χ1) is 8.18. The molecule has 88 valence electrons. The van der Waals surface area contributed by atoms with Crippen LogP contribution in [0, 0.1) is 6.92 Å². The number of carboxylic acids is 1. The Morgan fingerprint density at radius 2 is 2.35 bits per heavy atom. The zero-order valence-electron chi connectivity index (χ0n) is 8.95. The lowest BCUT2D eigenvalue weighted by atomic mass is 10.2. The highest BCUT2D eigenvalue weighted by Crippen LogP contribution is 2.17. The van der Waals surface area contributed by atoms with Crippen LogP contribution in [-0.4, -0.2) is 26.4 Å². The molecule has 2 heterocycles. The summed E-state index contributed by atoms with van der Waals surface area (Å²) in [7, 11) is 0. The summed E-state index contributed by atoms with van der Waals surface area (Å²) in [6, 6.07) is 1.37. The second-order valence-electron chi connectivity index (χ2n) is 3.26. The monoisotopic (exact) mass is 235 g/mol. The van der Waals surface area contributed by atoms with Crippen LogP contribution < -0.4 is 4.74 Å². The topological polar surface area (TPSA) is 98.3 Å². The highest BCUT2D eigenvalue weighted by atomic mass is 16.6. The van der Waals surface area contributed by atoms with E-state index in [0.29, 0.717) is 11.4 Å². The van der Waals surface area contributed by atoms with Gasteiger partial charge >= 0.3 is 5.97 Å². The van der Waals surface area contributed by atoms with Crippen LogP contribution in [0.5, 0.6) is 5.75 Å². The van der Waals surface area contributed by atoms with Crippen molar-refractivity contribution in [1.29, 1.82) is 0 Å². The van der Waals surface area contributed by atoms with Gasteiger partial charge in [-0.1, -0.05) is 10.3 Å². The van der Waals surface area contributed by atoms with Crippen LogP contribution in [0.15, 0.2) is 23.1 Å². The van der Waals surface area contributed by atoms with Gasteiger partial charge in [-0.25, -0.2) is 9.42 Å². The number of pyridine rings is 1.